The van der Waals surface area contributed by atoms with Crippen molar-refractivity contribution in [2.24, 2.45) is 0 Å². The van der Waals surface area contributed by atoms with Crippen LogP contribution in [-0.2, 0) is 22.6 Å². The summed E-state index contributed by atoms with van der Waals surface area (Å²) in [5, 5.41) is 5.05. The molecule has 1 aliphatic heterocycles. The second-order valence-electron chi connectivity index (χ2n) is 6.79. The zero-order valence-electron chi connectivity index (χ0n) is 15.9. The minimum absolute atomic E-state index is 0.302. The fourth-order valence-corrected chi connectivity index (χ4v) is 3.05. The molecule has 0 spiro atoms. The number of hydrogen-bond donors (Lipinski definition) is 2. The third-order valence-electron chi connectivity index (χ3n) is 4.58. The topological polar surface area (TPSA) is 70.7 Å². The molecular formula is C21H23F2N3O3. The molecule has 29 heavy (non-hydrogen) atoms. The highest BCUT2D eigenvalue weighted by atomic mass is 19.1. The van der Waals surface area contributed by atoms with Gasteiger partial charge in [0.25, 0.3) is 5.91 Å². The third-order valence-corrected chi connectivity index (χ3v) is 4.58. The fourth-order valence-electron chi connectivity index (χ4n) is 3.05. The van der Waals surface area contributed by atoms with Crippen LogP contribution in [0.2, 0.25) is 0 Å². The maximum atomic E-state index is 13.6. The average Bonchev–Trinajstić information content (AvgIpc) is 2.71. The van der Waals surface area contributed by atoms with Crippen molar-refractivity contribution >= 4 is 11.8 Å². The van der Waals surface area contributed by atoms with Gasteiger partial charge in [0.05, 0.1) is 25.3 Å². The van der Waals surface area contributed by atoms with Crippen molar-refractivity contribution in [3.8, 4) is 0 Å². The number of carbonyl (C=O) groups excluding carboxylic acids is 2. The van der Waals surface area contributed by atoms with Crippen LogP contribution in [0.15, 0.2) is 42.5 Å². The van der Waals surface area contributed by atoms with E-state index in [0.29, 0.717) is 12.6 Å². The normalized spacial score (nSPS) is 14.4. The summed E-state index contributed by atoms with van der Waals surface area (Å²) in [5.74, 6) is -2.92. The summed E-state index contributed by atoms with van der Waals surface area (Å²) in [5.41, 5.74) is 1.79. The number of nitrogens with one attached hydrogen (secondary N) is 2. The van der Waals surface area contributed by atoms with Crippen LogP contribution in [0.4, 0.5) is 8.78 Å². The first kappa shape index (κ1) is 20.9. The summed E-state index contributed by atoms with van der Waals surface area (Å²) in [6.07, 6.45) is 0. The Hall–Kier alpha value is -2.84. The van der Waals surface area contributed by atoms with Gasteiger partial charge in [-0.05, 0) is 23.3 Å². The largest absolute Gasteiger partial charge is 0.379 e. The van der Waals surface area contributed by atoms with Gasteiger partial charge in [-0.3, -0.25) is 14.5 Å². The van der Waals surface area contributed by atoms with Gasteiger partial charge >= 0.3 is 0 Å². The van der Waals surface area contributed by atoms with Crippen LogP contribution in [-0.4, -0.2) is 49.6 Å². The predicted octanol–water partition coefficient (Wildman–Crippen LogP) is 1.84. The van der Waals surface area contributed by atoms with E-state index in [-0.39, 0.29) is 12.1 Å². The minimum Gasteiger partial charge on any atom is -0.379 e. The predicted molar refractivity (Wildman–Crippen MR) is 103 cm³/mol. The molecule has 3 rings (SSSR count). The molecule has 1 saturated heterocycles. The lowest BCUT2D eigenvalue weighted by molar-refractivity contribution is -0.120. The molecule has 1 fully saturated rings. The van der Waals surface area contributed by atoms with Gasteiger partial charge in [-0.15, -0.1) is 0 Å². The summed E-state index contributed by atoms with van der Waals surface area (Å²) in [7, 11) is 0. The highest BCUT2D eigenvalue weighted by Gasteiger charge is 2.14. The van der Waals surface area contributed by atoms with Crippen molar-refractivity contribution in [2.75, 3.05) is 32.8 Å². The van der Waals surface area contributed by atoms with Crippen LogP contribution in [0.3, 0.4) is 0 Å². The summed E-state index contributed by atoms with van der Waals surface area (Å²) in [6, 6.07) is 10.6. The molecule has 0 saturated carbocycles. The smallest absolute Gasteiger partial charge is 0.254 e. The fraction of sp³-hybridized carbons (Fsp3) is 0.333. The number of nitrogens with zero attached hydrogens (tertiary/aromatic N) is 1. The van der Waals surface area contributed by atoms with E-state index in [2.05, 4.69) is 15.5 Å². The molecule has 2 N–H and O–H groups in total. The Kier molecular flexibility index (Phi) is 7.26. The van der Waals surface area contributed by atoms with Gasteiger partial charge in [0.2, 0.25) is 5.91 Å². The number of rotatable bonds is 7. The lowest BCUT2D eigenvalue weighted by Crippen LogP contribution is -2.37. The van der Waals surface area contributed by atoms with E-state index < -0.39 is 23.4 Å². The van der Waals surface area contributed by atoms with Crippen molar-refractivity contribution in [1.29, 1.82) is 0 Å². The van der Waals surface area contributed by atoms with Crippen molar-refractivity contribution in [1.82, 2.24) is 15.5 Å². The number of halogens is 2. The molecule has 2 amide bonds. The van der Waals surface area contributed by atoms with Crippen LogP contribution in [0.25, 0.3) is 0 Å². The van der Waals surface area contributed by atoms with Crippen molar-refractivity contribution in [3.63, 3.8) is 0 Å². The van der Waals surface area contributed by atoms with E-state index in [9.17, 15) is 18.4 Å². The maximum Gasteiger partial charge on any atom is 0.254 e. The summed E-state index contributed by atoms with van der Waals surface area (Å²) >= 11 is 0. The van der Waals surface area contributed by atoms with Gasteiger partial charge in [0.1, 0.15) is 11.6 Å². The SMILES string of the molecule is O=C(CNC(=O)c1ccc(F)cc1F)NCc1cccc(CN2CCOCC2)c1. The minimum atomic E-state index is -0.972. The lowest BCUT2D eigenvalue weighted by atomic mass is 10.1. The van der Waals surface area contributed by atoms with E-state index in [0.717, 1.165) is 56.1 Å². The van der Waals surface area contributed by atoms with Gasteiger partial charge in [-0.1, -0.05) is 24.3 Å². The van der Waals surface area contributed by atoms with Crippen molar-refractivity contribution in [2.45, 2.75) is 13.1 Å². The van der Waals surface area contributed by atoms with Crippen LogP contribution in [0.1, 0.15) is 21.5 Å². The number of ether oxygens (including phenoxy) is 1. The molecule has 0 radical (unpaired) electrons. The molecule has 0 unspecified atom stereocenters. The van der Waals surface area contributed by atoms with Gasteiger partial charge in [-0.2, -0.15) is 0 Å². The molecule has 2 aromatic rings. The Morgan fingerprint density at radius 1 is 1.00 bits per heavy atom. The standard InChI is InChI=1S/C21H23F2N3O3/c22-17-4-5-18(19(23)11-17)21(28)25-13-20(27)24-12-15-2-1-3-16(10-15)14-26-6-8-29-9-7-26/h1-5,10-11H,6-9,12-14H2,(H,24,27)(H,25,28). The second-order valence-corrected chi connectivity index (χ2v) is 6.79. The first-order valence-electron chi connectivity index (χ1n) is 9.39. The van der Waals surface area contributed by atoms with E-state index in [1.807, 2.05) is 24.3 Å². The highest BCUT2D eigenvalue weighted by Crippen LogP contribution is 2.11. The maximum absolute atomic E-state index is 13.6. The average molecular weight is 403 g/mol. The number of carbonyl (C=O) groups is 2. The Balaban J connectivity index is 1.45. The van der Waals surface area contributed by atoms with Crippen molar-refractivity contribution in [3.05, 3.63) is 70.8 Å². The van der Waals surface area contributed by atoms with Crippen molar-refractivity contribution < 1.29 is 23.1 Å². The molecule has 8 heteroatoms. The van der Waals surface area contributed by atoms with Crippen LogP contribution < -0.4 is 10.6 Å². The van der Waals surface area contributed by atoms with Gasteiger partial charge in [0.15, 0.2) is 0 Å². The molecule has 1 aliphatic rings. The van der Waals surface area contributed by atoms with E-state index in [1.54, 1.807) is 0 Å². The quantitative estimate of drug-likeness (QED) is 0.740. The van der Waals surface area contributed by atoms with Gasteiger partial charge in [-0.25, -0.2) is 8.78 Å². The highest BCUT2D eigenvalue weighted by molar-refractivity contribution is 5.96. The third kappa shape index (κ3) is 6.33. The molecular weight excluding hydrogens is 380 g/mol. The number of morpholine rings is 1. The molecule has 0 aliphatic carbocycles. The summed E-state index contributed by atoms with van der Waals surface area (Å²) < 4.78 is 31.8. The molecule has 1 heterocycles. The Morgan fingerprint density at radius 2 is 1.76 bits per heavy atom. The number of hydrogen-bond acceptors (Lipinski definition) is 4. The lowest BCUT2D eigenvalue weighted by Gasteiger charge is -2.26. The summed E-state index contributed by atoms with van der Waals surface area (Å²) in [4.78, 5) is 26.2. The first-order valence-corrected chi connectivity index (χ1v) is 9.39. The molecule has 2 aromatic carbocycles. The first-order chi connectivity index (χ1) is 14.0. The summed E-state index contributed by atoms with van der Waals surface area (Å²) in [6.45, 7) is 4.11. The van der Waals surface area contributed by atoms with Gasteiger partial charge < -0.3 is 15.4 Å². The molecule has 154 valence electrons. The van der Waals surface area contributed by atoms with Crippen LogP contribution in [0, 0.1) is 11.6 Å². The van der Waals surface area contributed by atoms with Crippen LogP contribution >= 0.6 is 0 Å². The molecule has 0 aromatic heterocycles. The zero-order chi connectivity index (χ0) is 20.6. The van der Waals surface area contributed by atoms with Gasteiger partial charge in [0, 0.05) is 32.2 Å². The monoisotopic (exact) mass is 403 g/mol. The second kappa shape index (κ2) is 10.1. The molecule has 6 nitrogen and oxygen atoms in total. The number of amides is 2. The van der Waals surface area contributed by atoms with E-state index >= 15 is 0 Å². The Labute approximate surface area is 167 Å². The zero-order valence-corrected chi connectivity index (χ0v) is 15.9. The molecule has 0 bridgehead atoms. The van der Waals surface area contributed by atoms with Crippen LogP contribution in [0.5, 0.6) is 0 Å². The molecule has 0 atom stereocenters. The van der Waals surface area contributed by atoms with E-state index in [1.165, 1.54) is 0 Å². The Bertz CT molecular complexity index is 870. The van der Waals surface area contributed by atoms with E-state index in [4.69, 9.17) is 4.74 Å². The number of benzene rings is 2. The Morgan fingerprint density at radius 3 is 2.52 bits per heavy atom.